The van der Waals surface area contributed by atoms with E-state index in [2.05, 4.69) is 24.3 Å². The lowest BCUT2D eigenvalue weighted by Crippen LogP contribution is -2.14. The van der Waals surface area contributed by atoms with Crippen LogP contribution in [-0.4, -0.2) is 0 Å². The number of aryl methyl sites for hydroxylation is 2. The molecule has 1 aromatic carbocycles. The molecule has 0 unspecified atom stereocenters. The SMILES string of the molecule is c1cc2ccc1CCCCCCC1CCC(CCCCCC2)CC1. The van der Waals surface area contributed by atoms with Gasteiger partial charge in [-0.2, -0.15) is 0 Å². The fourth-order valence-electron chi connectivity index (χ4n) is 4.91. The van der Waals surface area contributed by atoms with Crippen LogP contribution in [0.1, 0.15) is 101 Å². The van der Waals surface area contributed by atoms with Gasteiger partial charge in [-0.15, -0.1) is 0 Å². The molecule has 24 heavy (non-hydrogen) atoms. The lowest BCUT2D eigenvalue weighted by atomic mass is 9.78. The van der Waals surface area contributed by atoms with E-state index in [0.717, 1.165) is 11.8 Å². The third kappa shape index (κ3) is 6.26. The molecule has 134 valence electrons. The van der Waals surface area contributed by atoms with Gasteiger partial charge in [0.1, 0.15) is 0 Å². The molecule has 0 saturated heterocycles. The smallest absolute Gasteiger partial charge is 0.0279 e. The molecule has 0 spiro atoms. The van der Waals surface area contributed by atoms with Crippen molar-refractivity contribution in [3.05, 3.63) is 35.4 Å². The zero-order valence-electron chi connectivity index (χ0n) is 15.8. The summed E-state index contributed by atoms with van der Waals surface area (Å²) in [5.41, 5.74) is 3.10. The average molecular weight is 327 g/mol. The molecule has 5 aliphatic carbocycles. The van der Waals surface area contributed by atoms with E-state index < -0.39 is 0 Å². The quantitative estimate of drug-likeness (QED) is 0.463. The van der Waals surface area contributed by atoms with Crippen LogP contribution >= 0.6 is 0 Å². The number of hydrogen-bond acceptors (Lipinski definition) is 0. The molecule has 0 N–H and O–H groups in total. The minimum Gasteiger partial charge on any atom is -0.0588 e. The van der Waals surface area contributed by atoms with Crippen molar-refractivity contribution in [1.82, 2.24) is 0 Å². The minimum absolute atomic E-state index is 1.07. The second-order valence-electron chi connectivity index (χ2n) is 8.61. The van der Waals surface area contributed by atoms with Gasteiger partial charge in [-0.05, 0) is 48.6 Å². The highest BCUT2D eigenvalue weighted by Crippen LogP contribution is 2.34. The molecule has 1 saturated carbocycles. The molecule has 0 nitrogen and oxygen atoms in total. The number of hydrogen-bond donors (Lipinski definition) is 0. The van der Waals surface area contributed by atoms with Gasteiger partial charge < -0.3 is 0 Å². The zero-order chi connectivity index (χ0) is 16.5. The Morgan fingerprint density at radius 3 is 1.21 bits per heavy atom. The van der Waals surface area contributed by atoms with E-state index >= 15 is 0 Å². The van der Waals surface area contributed by atoms with E-state index in [1.807, 2.05) is 0 Å². The summed E-state index contributed by atoms with van der Waals surface area (Å²) in [7, 11) is 0. The second-order valence-corrected chi connectivity index (χ2v) is 8.61. The Hall–Kier alpha value is -0.780. The van der Waals surface area contributed by atoms with Crippen molar-refractivity contribution in [3.63, 3.8) is 0 Å². The van der Waals surface area contributed by atoms with E-state index in [0.29, 0.717) is 0 Å². The molecule has 0 aromatic heterocycles. The molecule has 0 heterocycles. The van der Waals surface area contributed by atoms with Crippen molar-refractivity contribution in [1.29, 1.82) is 0 Å². The van der Waals surface area contributed by atoms with Crippen LogP contribution in [0, 0.1) is 11.8 Å². The van der Waals surface area contributed by atoms with E-state index in [4.69, 9.17) is 0 Å². The van der Waals surface area contributed by atoms with Crippen LogP contribution in [0.25, 0.3) is 0 Å². The summed E-state index contributed by atoms with van der Waals surface area (Å²) in [5.74, 6) is 2.14. The number of benzene rings is 1. The molecule has 0 atom stereocenters. The first kappa shape index (κ1) is 18.0. The average Bonchev–Trinajstić information content (AvgIpc) is 2.62. The Morgan fingerprint density at radius 1 is 0.417 bits per heavy atom. The van der Waals surface area contributed by atoms with Crippen LogP contribution in [-0.2, 0) is 12.8 Å². The van der Waals surface area contributed by atoms with Gasteiger partial charge >= 0.3 is 0 Å². The van der Waals surface area contributed by atoms with E-state index in [-0.39, 0.29) is 0 Å². The molecular weight excluding hydrogens is 288 g/mol. The van der Waals surface area contributed by atoms with E-state index in [1.165, 1.54) is 103 Å². The summed E-state index contributed by atoms with van der Waals surface area (Å²) in [6.45, 7) is 0. The molecule has 0 amide bonds. The summed E-state index contributed by atoms with van der Waals surface area (Å²) < 4.78 is 0. The summed E-state index contributed by atoms with van der Waals surface area (Å²) in [5, 5.41) is 0. The topological polar surface area (TPSA) is 0 Å². The highest BCUT2D eigenvalue weighted by molar-refractivity contribution is 5.22. The maximum atomic E-state index is 2.38. The van der Waals surface area contributed by atoms with E-state index in [1.54, 1.807) is 11.1 Å². The van der Waals surface area contributed by atoms with Gasteiger partial charge in [0.25, 0.3) is 0 Å². The minimum atomic E-state index is 1.07. The fourth-order valence-corrected chi connectivity index (χ4v) is 4.91. The summed E-state index contributed by atoms with van der Waals surface area (Å²) >= 11 is 0. The van der Waals surface area contributed by atoms with Crippen LogP contribution in [0.5, 0.6) is 0 Å². The van der Waals surface area contributed by atoms with Crippen molar-refractivity contribution >= 4 is 0 Å². The number of rotatable bonds is 0. The fraction of sp³-hybridized carbons (Fsp3) is 0.750. The lowest BCUT2D eigenvalue weighted by Gasteiger charge is -2.28. The van der Waals surface area contributed by atoms with Gasteiger partial charge in [0, 0.05) is 0 Å². The van der Waals surface area contributed by atoms with Crippen LogP contribution in [0.15, 0.2) is 24.3 Å². The maximum Gasteiger partial charge on any atom is -0.0279 e. The van der Waals surface area contributed by atoms with Crippen molar-refractivity contribution in [2.45, 2.75) is 103 Å². The summed E-state index contributed by atoms with van der Waals surface area (Å²) in [6, 6.07) is 9.53. The van der Waals surface area contributed by atoms with E-state index in [9.17, 15) is 0 Å². The predicted octanol–water partition coefficient (Wildman–Crippen LogP) is 7.49. The van der Waals surface area contributed by atoms with Crippen LogP contribution in [0.4, 0.5) is 0 Å². The normalized spacial score (nSPS) is 27.8. The Kier molecular flexibility index (Phi) is 7.71. The Balaban J connectivity index is 1.48. The molecule has 0 radical (unpaired) electrons. The van der Waals surface area contributed by atoms with Crippen molar-refractivity contribution in [2.75, 3.05) is 0 Å². The maximum absolute atomic E-state index is 2.38. The van der Waals surface area contributed by atoms with Gasteiger partial charge in [0.15, 0.2) is 0 Å². The van der Waals surface area contributed by atoms with Crippen molar-refractivity contribution in [2.24, 2.45) is 11.8 Å². The molecule has 6 rings (SSSR count). The second kappa shape index (κ2) is 10.3. The molecule has 0 aliphatic heterocycles. The zero-order valence-corrected chi connectivity index (χ0v) is 15.8. The monoisotopic (exact) mass is 326 g/mol. The Labute approximate surface area is 150 Å². The van der Waals surface area contributed by atoms with Gasteiger partial charge in [0.2, 0.25) is 0 Å². The van der Waals surface area contributed by atoms with Gasteiger partial charge in [0.05, 0.1) is 0 Å². The third-order valence-electron chi connectivity index (χ3n) is 6.64. The standard InChI is InChI=1S/C24H38/c1-2-6-10-22-17-19-24(20-18-22)12-8-4-3-7-11-23-15-13-21(9-5-1)14-16-23/h13-16,22,24H,1-12,17-20H2. The molecule has 1 aromatic rings. The largest absolute Gasteiger partial charge is 0.0588 e. The summed E-state index contributed by atoms with van der Waals surface area (Å²) in [4.78, 5) is 0. The molecule has 5 aliphatic rings. The van der Waals surface area contributed by atoms with Crippen molar-refractivity contribution in [3.8, 4) is 0 Å². The van der Waals surface area contributed by atoms with Crippen LogP contribution < -0.4 is 0 Å². The van der Waals surface area contributed by atoms with Gasteiger partial charge in [-0.3, -0.25) is 0 Å². The van der Waals surface area contributed by atoms with Crippen LogP contribution in [0.3, 0.4) is 0 Å². The molecule has 4 bridgehead atoms. The Morgan fingerprint density at radius 2 is 0.792 bits per heavy atom. The Bertz CT molecular complexity index is 393. The lowest BCUT2D eigenvalue weighted by molar-refractivity contribution is 0.244. The van der Waals surface area contributed by atoms with Gasteiger partial charge in [-0.1, -0.05) is 101 Å². The first-order valence-corrected chi connectivity index (χ1v) is 11.0. The molecule has 1 fully saturated rings. The molecule has 0 heteroatoms. The summed E-state index contributed by atoms with van der Waals surface area (Å²) in [6.07, 6.45) is 23.2. The van der Waals surface area contributed by atoms with Gasteiger partial charge in [-0.25, -0.2) is 0 Å². The highest BCUT2D eigenvalue weighted by atomic mass is 14.3. The molecular formula is C24H38. The first-order chi connectivity index (χ1) is 11.9. The predicted molar refractivity (Wildman–Crippen MR) is 105 cm³/mol. The van der Waals surface area contributed by atoms with Crippen LogP contribution in [0.2, 0.25) is 0 Å². The first-order valence-electron chi connectivity index (χ1n) is 11.0. The highest BCUT2D eigenvalue weighted by Gasteiger charge is 2.20. The van der Waals surface area contributed by atoms with Crippen molar-refractivity contribution < 1.29 is 0 Å². The third-order valence-corrected chi connectivity index (χ3v) is 6.64.